The fourth-order valence-corrected chi connectivity index (χ4v) is 2.96. The van der Waals surface area contributed by atoms with Gasteiger partial charge in [0.15, 0.2) is 5.52 Å². The highest BCUT2D eigenvalue weighted by Gasteiger charge is 2.20. The van der Waals surface area contributed by atoms with Gasteiger partial charge in [-0.3, -0.25) is 14.7 Å². The standard InChI is InChI=1S/C13H10N4O6S/c1-7-2-3-8(6-11(7)24(20,21)22)14-9-4-5-10(17(18)19)13-12(9)15-23-16-13/h2-6,14H,1H3,(H,20,21,22). The molecule has 0 aliphatic heterocycles. The molecule has 0 atom stereocenters. The molecular formula is C13H10N4O6S. The van der Waals surface area contributed by atoms with Crippen LogP contribution in [-0.4, -0.2) is 28.2 Å². The minimum atomic E-state index is -4.37. The Morgan fingerprint density at radius 1 is 1.21 bits per heavy atom. The van der Waals surface area contributed by atoms with Gasteiger partial charge in [0.05, 0.1) is 15.5 Å². The molecule has 0 aliphatic carbocycles. The number of aryl methyl sites for hydroxylation is 1. The Kier molecular flexibility index (Phi) is 3.66. The fraction of sp³-hybridized carbons (Fsp3) is 0.0769. The van der Waals surface area contributed by atoms with Crippen molar-refractivity contribution in [2.75, 3.05) is 5.32 Å². The van der Waals surface area contributed by atoms with Gasteiger partial charge in [0.2, 0.25) is 5.52 Å². The van der Waals surface area contributed by atoms with Crippen molar-refractivity contribution in [2.24, 2.45) is 0 Å². The molecule has 3 rings (SSSR count). The van der Waals surface area contributed by atoms with Gasteiger partial charge in [0, 0.05) is 11.8 Å². The molecule has 0 saturated carbocycles. The van der Waals surface area contributed by atoms with Crippen molar-refractivity contribution in [1.29, 1.82) is 0 Å². The SMILES string of the molecule is Cc1ccc(Nc2ccc([N+](=O)[O-])c3nonc23)cc1S(=O)(=O)O. The second-order valence-electron chi connectivity index (χ2n) is 4.93. The maximum Gasteiger partial charge on any atom is 0.300 e. The molecule has 1 heterocycles. The van der Waals surface area contributed by atoms with Crippen molar-refractivity contribution in [3.63, 3.8) is 0 Å². The second-order valence-corrected chi connectivity index (χ2v) is 6.32. The van der Waals surface area contributed by atoms with E-state index in [1.54, 1.807) is 13.0 Å². The van der Waals surface area contributed by atoms with E-state index in [9.17, 15) is 23.1 Å². The number of anilines is 2. The van der Waals surface area contributed by atoms with Gasteiger partial charge in [0.1, 0.15) is 0 Å². The van der Waals surface area contributed by atoms with Crippen molar-refractivity contribution in [2.45, 2.75) is 11.8 Å². The summed E-state index contributed by atoms with van der Waals surface area (Å²) in [5.74, 6) is 0. The third-order valence-corrected chi connectivity index (χ3v) is 4.33. The molecule has 0 fully saturated rings. The molecule has 0 amide bonds. The van der Waals surface area contributed by atoms with Gasteiger partial charge < -0.3 is 5.32 Å². The van der Waals surface area contributed by atoms with Gasteiger partial charge in [-0.15, -0.1) is 0 Å². The zero-order valence-corrected chi connectivity index (χ0v) is 12.9. The van der Waals surface area contributed by atoms with E-state index in [0.717, 1.165) is 0 Å². The third kappa shape index (κ3) is 2.77. The van der Waals surface area contributed by atoms with Gasteiger partial charge in [-0.1, -0.05) is 6.07 Å². The van der Waals surface area contributed by atoms with Crippen LogP contribution in [0.15, 0.2) is 39.9 Å². The van der Waals surface area contributed by atoms with Gasteiger partial charge >= 0.3 is 5.69 Å². The first-order valence-electron chi connectivity index (χ1n) is 6.52. The van der Waals surface area contributed by atoms with Crippen molar-refractivity contribution >= 4 is 38.2 Å². The first-order valence-corrected chi connectivity index (χ1v) is 7.96. The first-order chi connectivity index (χ1) is 11.3. The summed E-state index contributed by atoms with van der Waals surface area (Å²) in [6, 6.07) is 6.97. The van der Waals surface area contributed by atoms with Crippen LogP contribution in [0.2, 0.25) is 0 Å². The number of non-ortho nitro benzene ring substituents is 1. The van der Waals surface area contributed by atoms with Crippen LogP contribution < -0.4 is 5.32 Å². The number of nitrogens with one attached hydrogen (secondary N) is 1. The summed E-state index contributed by atoms with van der Waals surface area (Å²) in [6.45, 7) is 1.54. The predicted octanol–water partition coefficient (Wildman–Crippen LogP) is 2.43. The number of fused-ring (bicyclic) bond motifs is 1. The van der Waals surface area contributed by atoms with Crippen molar-refractivity contribution in [1.82, 2.24) is 10.3 Å². The Bertz CT molecular complexity index is 1060. The van der Waals surface area contributed by atoms with E-state index in [2.05, 4.69) is 20.3 Å². The molecule has 3 aromatic rings. The summed E-state index contributed by atoms with van der Waals surface area (Å²) in [6.07, 6.45) is 0. The number of aromatic nitrogens is 2. The monoisotopic (exact) mass is 350 g/mol. The molecule has 124 valence electrons. The summed E-state index contributed by atoms with van der Waals surface area (Å²) < 4.78 is 36.5. The lowest BCUT2D eigenvalue weighted by Gasteiger charge is -2.09. The molecular weight excluding hydrogens is 340 g/mol. The molecule has 0 unspecified atom stereocenters. The quantitative estimate of drug-likeness (QED) is 0.411. The molecule has 11 heteroatoms. The van der Waals surface area contributed by atoms with Crippen LogP contribution in [0, 0.1) is 17.0 Å². The number of hydrogen-bond acceptors (Lipinski definition) is 8. The van der Waals surface area contributed by atoms with E-state index in [-0.39, 0.29) is 21.6 Å². The molecule has 0 bridgehead atoms. The summed E-state index contributed by atoms with van der Waals surface area (Å²) >= 11 is 0. The molecule has 2 N–H and O–H groups in total. The van der Waals surface area contributed by atoms with Gasteiger partial charge in [-0.2, -0.15) is 8.42 Å². The third-order valence-electron chi connectivity index (χ3n) is 3.34. The van der Waals surface area contributed by atoms with E-state index >= 15 is 0 Å². The molecule has 0 radical (unpaired) electrons. The average Bonchev–Trinajstić information content (AvgIpc) is 2.97. The Balaban J connectivity index is 2.07. The number of hydrogen-bond donors (Lipinski definition) is 2. The summed E-state index contributed by atoms with van der Waals surface area (Å²) in [4.78, 5) is 10.1. The Morgan fingerprint density at radius 2 is 1.92 bits per heavy atom. The highest BCUT2D eigenvalue weighted by atomic mass is 32.2. The molecule has 0 spiro atoms. The minimum absolute atomic E-state index is 0.0351. The Labute approximate surface area is 135 Å². The molecule has 1 aromatic heterocycles. The van der Waals surface area contributed by atoms with Gasteiger partial charge in [-0.25, -0.2) is 4.63 Å². The van der Waals surface area contributed by atoms with Crippen LogP contribution >= 0.6 is 0 Å². The average molecular weight is 350 g/mol. The topological polar surface area (TPSA) is 148 Å². The van der Waals surface area contributed by atoms with Gasteiger partial charge in [-0.05, 0) is 41.0 Å². The lowest BCUT2D eigenvalue weighted by atomic mass is 10.2. The lowest BCUT2D eigenvalue weighted by molar-refractivity contribution is -0.383. The maximum atomic E-state index is 11.4. The molecule has 2 aromatic carbocycles. The molecule has 0 aliphatic rings. The van der Waals surface area contributed by atoms with Crippen LogP contribution in [0.3, 0.4) is 0 Å². The predicted molar refractivity (Wildman–Crippen MR) is 82.7 cm³/mol. The van der Waals surface area contributed by atoms with E-state index in [0.29, 0.717) is 16.9 Å². The van der Waals surface area contributed by atoms with Crippen LogP contribution in [0.25, 0.3) is 11.0 Å². The fourth-order valence-electron chi connectivity index (χ4n) is 2.21. The smallest absolute Gasteiger partial charge is 0.300 e. The van der Waals surface area contributed by atoms with Crippen LogP contribution in [0.1, 0.15) is 5.56 Å². The number of nitro groups is 1. The maximum absolute atomic E-state index is 11.4. The van der Waals surface area contributed by atoms with Crippen molar-refractivity contribution in [3.05, 3.63) is 46.0 Å². The van der Waals surface area contributed by atoms with Crippen LogP contribution in [0.5, 0.6) is 0 Å². The highest BCUT2D eigenvalue weighted by molar-refractivity contribution is 7.85. The van der Waals surface area contributed by atoms with E-state index in [1.807, 2.05) is 0 Å². The van der Waals surface area contributed by atoms with Crippen molar-refractivity contribution < 1.29 is 22.5 Å². The molecule has 24 heavy (non-hydrogen) atoms. The first kappa shape index (κ1) is 15.8. The molecule has 0 saturated heterocycles. The number of nitro benzene ring substituents is 1. The van der Waals surface area contributed by atoms with Crippen LogP contribution in [-0.2, 0) is 10.1 Å². The number of rotatable bonds is 4. The summed E-state index contributed by atoms with van der Waals surface area (Å²) in [7, 11) is -4.37. The summed E-state index contributed by atoms with van der Waals surface area (Å²) in [5.41, 5.74) is 0.873. The zero-order chi connectivity index (χ0) is 17.5. The number of benzene rings is 2. The normalized spacial score (nSPS) is 11.6. The minimum Gasteiger partial charge on any atom is -0.354 e. The number of nitrogens with zero attached hydrogens (tertiary/aromatic N) is 3. The lowest BCUT2D eigenvalue weighted by Crippen LogP contribution is -2.02. The Morgan fingerprint density at radius 3 is 2.58 bits per heavy atom. The van der Waals surface area contributed by atoms with E-state index in [4.69, 9.17) is 0 Å². The zero-order valence-electron chi connectivity index (χ0n) is 12.1. The molecule has 10 nitrogen and oxygen atoms in total. The van der Waals surface area contributed by atoms with Crippen LogP contribution in [0.4, 0.5) is 17.1 Å². The second kappa shape index (κ2) is 5.54. The van der Waals surface area contributed by atoms with E-state index in [1.165, 1.54) is 24.3 Å². The van der Waals surface area contributed by atoms with Gasteiger partial charge in [0.25, 0.3) is 10.1 Å². The highest BCUT2D eigenvalue weighted by Crippen LogP contribution is 2.31. The summed E-state index contributed by atoms with van der Waals surface area (Å²) in [5, 5.41) is 21.0. The van der Waals surface area contributed by atoms with Crippen molar-refractivity contribution in [3.8, 4) is 0 Å². The Hall–Kier alpha value is -3.05. The largest absolute Gasteiger partial charge is 0.354 e. The van der Waals surface area contributed by atoms with E-state index < -0.39 is 15.0 Å².